The van der Waals surface area contributed by atoms with Gasteiger partial charge in [0.2, 0.25) is 5.89 Å². The second-order valence-electron chi connectivity index (χ2n) is 6.23. The van der Waals surface area contributed by atoms with E-state index in [2.05, 4.69) is 25.4 Å². The van der Waals surface area contributed by atoms with E-state index >= 15 is 0 Å². The number of hydrogen-bond donors (Lipinski definition) is 1. The lowest BCUT2D eigenvalue weighted by Crippen LogP contribution is -2.38. The molecule has 9 nitrogen and oxygen atoms in total. The molecule has 0 amide bonds. The molecule has 0 aliphatic rings. The normalized spacial score (nSPS) is 13.7. The molecule has 2 aromatic heterocycles. The van der Waals surface area contributed by atoms with Gasteiger partial charge in [-0.25, -0.2) is 9.98 Å². The highest BCUT2D eigenvalue weighted by atomic mass is 127. The molecule has 11 heteroatoms. The first kappa shape index (κ1) is 25.7. The summed E-state index contributed by atoms with van der Waals surface area (Å²) in [6.07, 6.45) is -0.201. The van der Waals surface area contributed by atoms with Gasteiger partial charge >= 0.3 is 0 Å². The number of ether oxygens (including phenoxy) is 2. The molecule has 2 rings (SSSR count). The molecule has 0 radical (unpaired) electrons. The molecule has 0 spiro atoms. The molecule has 2 heterocycles. The minimum Gasteiger partial charge on any atom is -0.375 e. The smallest absolute Gasteiger partial charge is 0.248 e. The van der Waals surface area contributed by atoms with Crippen LogP contribution in [0.15, 0.2) is 14.9 Å². The Morgan fingerprint density at radius 1 is 1.31 bits per heavy atom. The van der Waals surface area contributed by atoms with Gasteiger partial charge in [0.05, 0.1) is 12.2 Å². The van der Waals surface area contributed by atoms with Gasteiger partial charge in [-0.15, -0.1) is 35.3 Å². The van der Waals surface area contributed by atoms with E-state index in [1.165, 1.54) is 0 Å². The lowest BCUT2D eigenvalue weighted by Gasteiger charge is -2.20. The first-order chi connectivity index (χ1) is 13.5. The number of rotatable bonds is 10. The van der Waals surface area contributed by atoms with E-state index in [9.17, 15) is 0 Å². The minimum atomic E-state index is -0.198. The van der Waals surface area contributed by atoms with E-state index < -0.39 is 0 Å². The first-order valence-electron chi connectivity index (χ1n) is 9.39. The molecule has 1 N–H and O–H groups in total. The fraction of sp³-hybridized carbons (Fsp3) is 0.667. The van der Waals surface area contributed by atoms with Crippen LogP contribution in [-0.4, -0.2) is 53.3 Å². The lowest BCUT2D eigenvalue weighted by atomic mass is 10.4. The van der Waals surface area contributed by atoms with Gasteiger partial charge in [-0.3, -0.25) is 0 Å². The molecule has 0 aromatic carbocycles. The fourth-order valence-corrected chi connectivity index (χ4v) is 3.28. The molecular weight excluding hydrogens is 507 g/mol. The number of halogens is 1. The number of aromatic nitrogens is 3. The Morgan fingerprint density at radius 2 is 2.07 bits per heavy atom. The van der Waals surface area contributed by atoms with Crippen LogP contribution in [0.1, 0.15) is 62.3 Å². The third-order valence-electron chi connectivity index (χ3n) is 3.99. The minimum absolute atomic E-state index is 0. The summed E-state index contributed by atoms with van der Waals surface area (Å²) in [6, 6.07) is 0. The van der Waals surface area contributed by atoms with Crippen molar-refractivity contribution in [1.82, 2.24) is 25.3 Å². The second-order valence-corrected chi connectivity index (χ2v) is 7.11. The summed E-state index contributed by atoms with van der Waals surface area (Å²) in [4.78, 5) is 15.6. The molecule has 0 aliphatic carbocycles. The van der Waals surface area contributed by atoms with Crippen LogP contribution in [0.4, 0.5) is 0 Å². The van der Waals surface area contributed by atoms with Gasteiger partial charge in [0.15, 0.2) is 11.8 Å². The van der Waals surface area contributed by atoms with Crippen molar-refractivity contribution < 1.29 is 14.0 Å². The molecule has 0 saturated carbocycles. The number of thiazole rings is 1. The van der Waals surface area contributed by atoms with Crippen molar-refractivity contribution in [2.45, 2.75) is 53.0 Å². The first-order valence-corrected chi connectivity index (χ1v) is 10.3. The molecule has 2 aromatic rings. The molecule has 0 aliphatic heterocycles. The molecule has 2 atom stereocenters. The van der Waals surface area contributed by atoms with Gasteiger partial charge in [-0.1, -0.05) is 5.16 Å². The van der Waals surface area contributed by atoms with E-state index in [0.717, 1.165) is 23.2 Å². The lowest BCUT2D eigenvalue weighted by molar-refractivity contribution is 0.0683. The maximum Gasteiger partial charge on any atom is 0.248 e. The molecular formula is C18H31IN6O3S. The SMILES string of the molecule is CCNC(=NCc1nc(C(C)OCC)no1)N(C)Cc1csc(C(C)OC)n1.I. The standard InChI is InChI=1S/C18H30N6O3S.HI/c1-7-19-18(20-9-15-22-16(23-27-15)12(3)26-8-2)24(5)10-14-11-28-17(21-14)13(4)25-6;/h11-13H,7-10H2,1-6H3,(H,19,20);1H. The average molecular weight is 538 g/mol. The Hall–Kier alpha value is -1.31. The number of hydrogen-bond acceptors (Lipinski definition) is 8. The summed E-state index contributed by atoms with van der Waals surface area (Å²) in [6.45, 7) is 10.1. The van der Waals surface area contributed by atoms with Gasteiger partial charge < -0.3 is 24.2 Å². The van der Waals surface area contributed by atoms with Crippen LogP contribution in [0.2, 0.25) is 0 Å². The van der Waals surface area contributed by atoms with E-state index in [1.807, 2.05) is 45.0 Å². The zero-order valence-corrected chi connectivity index (χ0v) is 21.0. The summed E-state index contributed by atoms with van der Waals surface area (Å²) < 4.78 is 16.1. The number of methoxy groups -OCH3 is 1. The maximum absolute atomic E-state index is 5.48. The van der Waals surface area contributed by atoms with E-state index in [0.29, 0.717) is 31.4 Å². The van der Waals surface area contributed by atoms with Crippen LogP contribution in [0.25, 0.3) is 0 Å². The Balaban J connectivity index is 0.00000420. The Bertz CT molecular complexity index is 754. The summed E-state index contributed by atoms with van der Waals surface area (Å²) in [5, 5.41) is 10.3. The van der Waals surface area contributed by atoms with Crippen LogP contribution in [0.3, 0.4) is 0 Å². The van der Waals surface area contributed by atoms with Crippen LogP contribution in [0.5, 0.6) is 0 Å². The van der Waals surface area contributed by atoms with Crippen LogP contribution >= 0.6 is 35.3 Å². The second kappa shape index (κ2) is 13.1. The topological polar surface area (TPSA) is 97.9 Å². The zero-order valence-electron chi connectivity index (χ0n) is 17.8. The quantitative estimate of drug-likeness (QED) is 0.279. The van der Waals surface area contributed by atoms with Crippen LogP contribution in [0, 0.1) is 0 Å². The predicted molar refractivity (Wildman–Crippen MR) is 124 cm³/mol. The molecule has 0 saturated heterocycles. The molecule has 29 heavy (non-hydrogen) atoms. The van der Waals surface area contributed by atoms with Gasteiger partial charge in [0.1, 0.15) is 23.8 Å². The van der Waals surface area contributed by atoms with Crippen molar-refractivity contribution in [1.29, 1.82) is 0 Å². The van der Waals surface area contributed by atoms with E-state index in [-0.39, 0.29) is 36.2 Å². The summed E-state index contributed by atoms with van der Waals surface area (Å²) in [5.74, 6) is 1.73. The maximum atomic E-state index is 5.48. The zero-order chi connectivity index (χ0) is 20.5. The van der Waals surface area contributed by atoms with Crippen molar-refractivity contribution in [3.8, 4) is 0 Å². The largest absolute Gasteiger partial charge is 0.375 e. The number of nitrogens with zero attached hydrogens (tertiary/aromatic N) is 5. The van der Waals surface area contributed by atoms with Crippen molar-refractivity contribution in [3.63, 3.8) is 0 Å². The monoisotopic (exact) mass is 538 g/mol. The van der Waals surface area contributed by atoms with Crippen LogP contribution < -0.4 is 5.32 Å². The Morgan fingerprint density at radius 3 is 2.72 bits per heavy atom. The van der Waals surface area contributed by atoms with E-state index in [4.69, 9.17) is 14.0 Å². The van der Waals surface area contributed by atoms with Crippen molar-refractivity contribution in [2.24, 2.45) is 4.99 Å². The van der Waals surface area contributed by atoms with Crippen LogP contribution in [-0.2, 0) is 22.6 Å². The number of guanidine groups is 1. The predicted octanol–water partition coefficient (Wildman–Crippen LogP) is 3.55. The van der Waals surface area contributed by atoms with Gasteiger partial charge in [0.25, 0.3) is 0 Å². The third-order valence-corrected chi connectivity index (χ3v) is 5.05. The Kier molecular flexibility index (Phi) is 11.6. The van der Waals surface area contributed by atoms with Crippen molar-refractivity contribution in [2.75, 3.05) is 27.3 Å². The van der Waals surface area contributed by atoms with Gasteiger partial charge in [-0.2, -0.15) is 4.98 Å². The van der Waals surface area contributed by atoms with E-state index in [1.54, 1.807) is 18.4 Å². The average Bonchev–Trinajstić information content (AvgIpc) is 3.34. The highest BCUT2D eigenvalue weighted by molar-refractivity contribution is 14.0. The fourth-order valence-electron chi connectivity index (χ4n) is 2.43. The molecule has 0 bridgehead atoms. The highest BCUT2D eigenvalue weighted by Crippen LogP contribution is 2.21. The third kappa shape index (κ3) is 7.79. The molecule has 2 unspecified atom stereocenters. The van der Waals surface area contributed by atoms with Crippen molar-refractivity contribution >= 4 is 41.3 Å². The molecule has 164 valence electrons. The summed E-state index contributed by atoms with van der Waals surface area (Å²) >= 11 is 1.60. The summed E-state index contributed by atoms with van der Waals surface area (Å²) in [7, 11) is 3.66. The summed E-state index contributed by atoms with van der Waals surface area (Å²) in [5.41, 5.74) is 0.975. The van der Waals surface area contributed by atoms with Gasteiger partial charge in [0, 0.05) is 32.7 Å². The van der Waals surface area contributed by atoms with Crippen molar-refractivity contribution in [3.05, 3.63) is 27.8 Å². The Labute approximate surface area is 193 Å². The molecule has 0 fully saturated rings. The number of aliphatic imine (C=N–C) groups is 1. The number of nitrogens with one attached hydrogen (secondary N) is 1. The highest BCUT2D eigenvalue weighted by Gasteiger charge is 2.15. The van der Waals surface area contributed by atoms with Gasteiger partial charge in [-0.05, 0) is 27.7 Å².